The molecule has 1 atom stereocenters. The van der Waals surface area contributed by atoms with Crippen molar-refractivity contribution in [1.29, 1.82) is 0 Å². The van der Waals surface area contributed by atoms with E-state index in [1.54, 1.807) is 0 Å². The minimum atomic E-state index is -0.444. The van der Waals surface area contributed by atoms with Crippen LogP contribution in [-0.2, 0) is 17.4 Å². The SMILES string of the molecule is CC1(c2cc(C(N)=NC(=NCc3ccc4c(c3)C3(c5ccccc5-c5ccccc53)c3ccccc3-4)c3cc(-c4ccccc4)cc(-c4ccccc4)c3)cc(-c3ccccc3)c2)C=CC=CC1. The van der Waals surface area contributed by atoms with Crippen LogP contribution in [0.25, 0.3) is 55.6 Å². The summed E-state index contributed by atoms with van der Waals surface area (Å²) in [5.41, 5.74) is 27.7. The van der Waals surface area contributed by atoms with Gasteiger partial charge in [0.15, 0.2) is 5.84 Å². The largest absolute Gasteiger partial charge is 0.383 e. The van der Waals surface area contributed by atoms with E-state index in [1.807, 2.05) is 0 Å². The third-order valence-electron chi connectivity index (χ3n) is 14.4. The van der Waals surface area contributed by atoms with Crippen molar-refractivity contribution in [3.8, 4) is 55.6 Å². The predicted octanol–water partition coefficient (Wildman–Crippen LogP) is 15.2. The maximum atomic E-state index is 7.32. The van der Waals surface area contributed by atoms with Gasteiger partial charge in [0, 0.05) is 16.5 Å². The van der Waals surface area contributed by atoms with Crippen molar-refractivity contribution >= 4 is 11.7 Å². The number of aliphatic imine (C=N–C) groups is 2. The first-order valence-corrected chi connectivity index (χ1v) is 23.6. The van der Waals surface area contributed by atoms with Crippen LogP contribution in [0.15, 0.2) is 253 Å². The maximum Gasteiger partial charge on any atom is 0.157 e. The minimum Gasteiger partial charge on any atom is -0.383 e. The molecule has 68 heavy (non-hydrogen) atoms. The van der Waals surface area contributed by atoms with Gasteiger partial charge in [-0.2, -0.15) is 0 Å². The molecule has 0 amide bonds. The van der Waals surface area contributed by atoms with Crippen molar-refractivity contribution in [3.63, 3.8) is 0 Å². The third kappa shape index (κ3) is 6.98. The molecule has 324 valence electrons. The van der Waals surface area contributed by atoms with Crippen molar-refractivity contribution in [1.82, 2.24) is 0 Å². The number of benzene rings is 9. The third-order valence-corrected chi connectivity index (χ3v) is 14.4. The lowest BCUT2D eigenvalue weighted by Crippen LogP contribution is -2.26. The molecular weight excluding hydrogens is 823 g/mol. The van der Waals surface area contributed by atoms with Crippen LogP contribution in [0.5, 0.6) is 0 Å². The molecule has 1 spiro atoms. The normalized spacial score (nSPS) is 16.3. The van der Waals surface area contributed by atoms with Crippen LogP contribution in [-0.4, -0.2) is 11.7 Å². The lowest BCUT2D eigenvalue weighted by Gasteiger charge is -2.30. The smallest absolute Gasteiger partial charge is 0.157 e. The number of hydrogen-bond donors (Lipinski definition) is 1. The quantitative estimate of drug-likeness (QED) is 0.120. The Morgan fingerprint density at radius 3 is 1.47 bits per heavy atom. The Labute approximate surface area is 399 Å². The first-order chi connectivity index (χ1) is 33.5. The molecule has 0 heterocycles. The van der Waals surface area contributed by atoms with E-state index in [2.05, 4.69) is 250 Å². The Balaban J connectivity index is 1.04. The average molecular weight is 872 g/mol. The highest BCUT2D eigenvalue weighted by atomic mass is 15.0. The van der Waals surface area contributed by atoms with Crippen molar-refractivity contribution < 1.29 is 0 Å². The summed E-state index contributed by atoms with van der Waals surface area (Å²) in [6.07, 6.45) is 9.70. The molecule has 9 aromatic carbocycles. The van der Waals surface area contributed by atoms with Crippen LogP contribution in [0.4, 0.5) is 0 Å². The summed E-state index contributed by atoms with van der Waals surface area (Å²) in [6, 6.07) is 78.8. The first-order valence-electron chi connectivity index (χ1n) is 23.6. The lowest BCUT2D eigenvalue weighted by atomic mass is 9.70. The molecule has 3 nitrogen and oxygen atoms in total. The van der Waals surface area contributed by atoms with Gasteiger partial charge in [-0.1, -0.05) is 219 Å². The maximum absolute atomic E-state index is 7.32. The van der Waals surface area contributed by atoms with E-state index in [0.29, 0.717) is 18.2 Å². The molecule has 0 radical (unpaired) electrons. The Kier molecular flexibility index (Phi) is 10.1. The van der Waals surface area contributed by atoms with Gasteiger partial charge in [-0.3, -0.25) is 4.99 Å². The second kappa shape index (κ2) is 16.8. The van der Waals surface area contributed by atoms with Crippen molar-refractivity contribution in [2.24, 2.45) is 15.7 Å². The Morgan fingerprint density at radius 1 is 0.456 bits per heavy atom. The molecule has 3 aliphatic rings. The Morgan fingerprint density at radius 2 is 0.941 bits per heavy atom. The van der Waals surface area contributed by atoms with Gasteiger partial charge in [-0.25, -0.2) is 4.99 Å². The molecule has 12 rings (SSSR count). The standard InChI is InChI=1S/C65H49N3/c1-64(34-18-5-19-35-64)53-41-50(47-24-10-4-11-25-47)38-51(42-53)62(66)68-63(52-39-48(45-20-6-2-7-21-45)37-49(40-52)46-22-8-3-9-23-46)67-43-44-32-33-57-56-28-14-17-31-60(56)65(61(57)36-44)58-29-15-12-26-54(58)55-27-13-16-30-59(55)65/h2-34,36-42H,35,43H2,1H3,(H2,66,67,68). The van der Waals surface area contributed by atoms with E-state index in [0.717, 1.165) is 56.5 Å². The fourth-order valence-corrected chi connectivity index (χ4v) is 11.0. The molecule has 0 aliphatic heterocycles. The molecule has 0 saturated heterocycles. The highest BCUT2D eigenvalue weighted by molar-refractivity contribution is 6.12. The number of fused-ring (bicyclic) bond motifs is 10. The lowest BCUT2D eigenvalue weighted by molar-refractivity contribution is 0.600. The van der Waals surface area contributed by atoms with E-state index >= 15 is 0 Å². The molecule has 9 aromatic rings. The van der Waals surface area contributed by atoms with Gasteiger partial charge in [0.2, 0.25) is 0 Å². The second-order valence-electron chi connectivity index (χ2n) is 18.5. The zero-order chi connectivity index (χ0) is 45.7. The number of rotatable bonds is 8. The summed E-state index contributed by atoms with van der Waals surface area (Å²) in [5, 5.41) is 0. The fourth-order valence-electron chi connectivity index (χ4n) is 11.0. The number of hydrogen-bond acceptors (Lipinski definition) is 1. The summed E-state index contributed by atoms with van der Waals surface area (Å²) in [6.45, 7) is 2.69. The molecule has 3 heteroatoms. The van der Waals surface area contributed by atoms with Gasteiger partial charge in [-0.15, -0.1) is 0 Å². The van der Waals surface area contributed by atoms with Gasteiger partial charge in [0.05, 0.1) is 12.0 Å². The van der Waals surface area contributed by atoms with Crippen molar-refractivity contribution in [3.05, 3.63) is 287 Å². The zero-order valence-electron chi connectivity index (χ0n) is 38.0. The highest BCUT2D eigenvalue weighted by Gasteiger charge is 2.51. The van der Waals surface area contributed by atoms with Gasteiger partial charge in [0.25, 0.3) is 0 Å². The topological polar surface area (TPSA) is 50.7 Å². The first kappa shape index (κ1) is 41.1. The van der Waals surface area contributed by atoms with Crippen LogP contribution in [0.3, 0.4) is 0 Å². The van der Waals surface area contributed by atoms with Crippen LogP contribution < -0.4 is 5.73 Å². The van der Waals surface area contributed by atoms with Crippen molar-refractivity contribution in [2.75, 3.05) is 0 Å². The van der Waals surface area contributed by atoms with Crippen molar-refractivity contribution in [2.45, 2.75) is 30.7 Å². The predicted molar refractivity (Wildman–Crippen MR) is 283 cm³/mol. The molecule has 1 unspecified atom stereocenters. The van der Waals surface area contributed by atoms with Gasteiger partial charge in [0.1, 0.15) is 5.84 Å². The zero-order valence-corrected chi connectivity index (χ0v) is 38.0. The highest BCUT2D eigenvalue weighted by Crippen LogP contribution is 2.62. The average Bonchev–Trinajstić information content (AvgIpc) is 3.87. The van der Waals surface area contributed by atoms with Gasteiger partial charge >= 0.3 is 0 Å². The molecular formula is C65H49N3. The molecule has 3 aliphatic carbocycles. The fraction of sp³-hybridized carbons (Fsp3) is 0.0769. The van der Waals surface area contributed by atoms with E-state index < -0.39 is 5.41 Å². The van der Waals surface area contributed by atoms with E-state index in [1.165, 1.54) is 50.1 Å². The number of nitrogens with zero attached hydrogens (tertiary/aromatic N) is 2. The van der Waals surface area contributed by atoms with E-state index in [-0.39, 0.29) is 5.41 Å². The monoisotopic (exact) mass is 871 g/mol. The summed E-state index contributed by atoms with van der Waals surface area (Å²) < 4.78 is 0. The summed E-state index contributed by atoms with van der Waals surface area (Å²) in [7, 11) is 0. The number of nitrogens with two attached hydrogens (primary N) is 1. The van der Waals surface area contributed by atoms with Crippen LogP contribution in [0, 0.1) is 0 Å². The van der Waals surface area contributed by atoms with Crippen LogP contribution in [0.1, 0.15) is 57.9 Å². The van der Waals surface area contributed by atoms with Gasteiger partial charge < -0.3 is 5.73 Å². The van der Waals surface area contributed by atoms with E-state index in [9.17, 15) is 0 Å². The number of allylic oxidation sites excluding steroid dienone is 4. The Bertz CT molecular complexity index is 3400. The molecule has 0 bridgehead atoms. The summed E-state index contributed by atoms with van der Waals surface area (Å²) >= 11 is 0. The minimum absolute atomic E-state index is 0.203. The molecule has 0 aromatic heterocycles. The number of amidine groups is 2. The van der Waals surface area contributed by atoms with Crippen LogP contribution in [0.2, 0.25) is 0 Å². The Hall–Kier alpha value is -8.40. The van der Waals surface area contributed by atoms with Gasteiger partial charge in [-0.05, 0) is 126 Å². The summed E-state index contributed by atoms with van der Waals surface area (Å²) in [4.78, 5) is 10.9. The van der Waals surface area contributed by atoms with Crippen LogP contribution >= 0.6 is 0 Å². The molecule has 0 fully saturated rings. The summed E-state index contributed by atoms with van der Waals surface area (Å²) in [5.74, 6) is 0.988. The second-order valence-corrected chi connectivity index (χ2v) is 18.5. The molecule has 2 N–H and O–H groups in total. The molecule has 0 saturated carbocycles. The van der Waals surface area contributed by atoms with E-state index in [4.69, 9.17) is 15.7 Å².